The van der Waals surface area contributed by atoms with Crippen LogP contribution in [0.15, 0.2) is 35.2 Å². The molecule has 0 N–H and O–H groups in total. The lowest BCUT2D eigenvalue weighted by atomic mass is 9.97. The van der Waals surface area contributed by atoms with Crippen LogP contribution in [0.25, 0.3) is 0 Å². The Morgan fingerprint density at radius 2 is 1.39 bits per heavy atom. The SMILES string of the molecule is CCCC[C@@H](C)CCCCCCCCS(=O)(=O)c1ccccc1. The van der Waals surface area contributed by atoms with Gasteiger partial charge in [0.05, 0.1) is 10.6 Å². The monoisotopic (exact) mass is 338 g/mol. The summed E-state index contributed by atoms with van der Waals surface area (Å²) in [5.41, 5.74) is 0. The minimum Gasteiger partial charge on any atom is -0.224 e. The molecule has 0 saturated carbocycles. The minimum atomic E-state index is -3.08. The van der Waals surface area contributed by atoms with Gasteiger partial charge in [-0.2, -0.15) is 0 Å². The van der Waals surface area contributed by atoms with Crippen molar-refractivity contribution in [3.8, 4) is 0 Å². The van der Waals surface area contributed by atoms with Crippen LogP contribution in [0.3, 0.4) is 0 Å². The van der Waals surface area contributed by atoms with E-state index in [1.165, 1.54) is 44.9 Å². The Hall–Kier alpha value is -0.830. The standard InChI is InChI=1S/C20H34O2S/c1-3-4-14-19(2)15-10-7-5-6-8-13-18-23(21,22)20-16-11-9-12-17-20/h9,11-12,16-17,19H,3-8,10,13-15,18H2,1-2H3/t19-/m1/s1. The molecule has 0 aliphatic heterocycles. The number of rotatable bonds is 13. The van der Waals surface area contributed by atoms with Crippen LogP contribution >= 0.6 is 0 Å². The van der Waals surface area contributed by atoms with E-state index in [9.17, 15) is 8.42 Å². The Labute approximate surface area is 143 Å². The first kappa shape index (κ1) is 20.2. The summed E-state index contributed by atoms with van der Waals surface area (Å²) in [5.74, 6) is 1.15. The molecule has 3 heteroatoms. The number of unbranched alkanes of at least 4 members (excludes halogenated alkanes) is 6. The molecule has 0 unspecified atom stereocenters. The Balaban J connectivity index is 2.03. The van der Waals surface area contributed by atoms with E-state index in [0.29, 0.717) is 4.90 Å². The number of hydrogen-bond donors (Lipinski definition) is 0. The second kappa shape index (κ2) is 11.7. The van der Waals surface area contributed by atoms with Gasteiger partial charge in [0, 0.05) is 0 Å². The van der Waals surface area contributed by atoms with Crippen molar-refractivity contribution in [1.82, 2.24) is 0 Å². The molecule has 1 aromatic carbocycles. The van der Waals surface area contributed by atoms with Crippen LogP contribution in [0.5, 0.6) is 0 Å². The lowest BCUT2D eigenvalue weighted by Gasteiger charge is -2.10. The molecule has 1 rings (SSSR count). The maximum Gasteiger partial charge on any atom is 0.178 e. The van der Waals surface area contributed by atoms with Gasteiger partial charge in [-0.15, -0.1) is 0 Å². The Morgan fingerprint density at radius 3 is 2.04 bits per heavy atom. The van der Waals surface area contributed by atoms with Gasteiger partial charge in [0.15, 0.2) is 9.84 Å². The highest BCUT2D eigenvalue weighted by Crippen LogP contribution is 2.17. The van der Waals surface area contributed by atoms with E-state index in [1.54, 1.807) is 24.3 Å². The second-order valence-electron chi connectivity index (χ2n) is 6.79. The van der Waals surface area contributed by atoms with Crippen LogP contribution in [0.1, 0.15) is 78.1 Å². The van der Waals surface area contributed by atoms with Gasteiger partial charge in [0.2, 0.25) is 0 Å². The van der Waals surface area contributed by atoms with Crippen molar-refractivity contribution >= 4 is 9.84 Å². The average Bonchev–Trinajstić information content (AvgIpc) is 2.56. The van der Waals surface area contributed by atoms with E-state index < -0.39 is 9.84 Å². The summed E-state index contributed by atoms with van der Waals surface area (Å²) >= 11 is 0. The second-order valence-corrected chi connectivity index (χ2v) is 8.90. The van der Waals surface area contributed by atoms with Crippen molar-refractivity contribution in [2.75, 3.05) is 5.75 Å². The van der Waals surface area contributed by atoms with Crippen molar-refractivity contribution in [3.05, 3.63) is 30.3 Å². The Bertz CT molecular complexity index is 494. The molecule has 23 heavy (non-hydrogen) atoms. The zero-order chi connectivity index (χ0) is 17.0. The fourth-order valence-electron chi connectivity index (χ4n) is 2.93. The quantitative estimate of drug-likeness (QED) is 0.412. The molecule has 132 valence electrons. The zero-order valence-corrected chi connectivity index (χ0v) is 15.8. The summed E-state index contributed by atoms with van der Waals surface area (Å²) in [6.45, 7) is 4.62. The number of hydrogen-bond acceptors (Lipinski definition) is 2. The normalized spacial score (nSPS) is 13.1. The third kappa shape index (κ3) is 9.14. The van der Waals surface area contributed by atoms with Crippen molar-refractivity contribution in [1.29, 1.82) is 0 Å². The molecule has 0 heterocycles. The molecule has 0 aliphatic rings. The third-order valence-electron chi connectivity index (χ3n) is 4.51. The lowest BCUT2D eigenvalue weighted by Crippen LogP contribution is -2.06. The van der Waals surface area contributed by atoms with Crippen LogP contribution < -0.4 is 0 Å². The van der Waals surface area contributed by atoms with E-state index >= 15 is 0 Å². The molecule has 1 aromatic rings. The van der Waals surface area contributed by atoms with Gasteiger partial charge in [0.1, 0.15) is 0 Å². The molecule has 0 aliphatic carbocycles. The molecule has 0 amide bonds. The molecule has 0 fully saturated rings. The highest BCUT2D eigenvalue weighted by Gasteiger charge is 2.12. The first-order chi connectivity index (χ1) is 11.1. The highest BCUT2D eigenvalue weighted by molar-refractivity contribution is 7.91. The topological polar surface area (TPSA) is 34.1 Å². The summed E-state index contributed by atoms with van der Waals surface area (Å²) in [6.07, 6.45) is 12.2. The van der Waals surface area contributed by atoms with Gasteiger partial charge in [-0.05, 0) is 24.5 Å². The lowest BCUT2D eigenvalue weighted by molar-refractivity contribution is 0.442. The maximum atomic E-state index is 12.1. The van der Waals surface area contributed by atoms with Gasteiger partial charge in [-0.25, -0.2) is 8.42 Å². The van der Waals surface area contributed by atoms with Crippen LogP contribution in [0, 0.1) is 5.92 Å². The van der Waals surface area contributed by atoms with Gasteiger partial charge in [-0.1, -0.05) is 89.8 Å². The Kier molecular flexibility index (Phi) is 10.3. The van der Waals surface area contributed by atoms with E-state index in [0.717, 1.165) is 25.2 Å². The summed E-state index contributed by atoms with van der Waals surface area (Å²) in [6, 6.07) is 8.80. The van der Waals surface area contributed by atoms with E-state index in [2.05, 4.69) is 13.8 Å². The number of sulfone groups is 1. The molecule has 2 nitrogen and oxygen atoms in total. The maximum absolute atomic E-state index is 12.1. The fourth-order valence-corrected chi connectivity index (χ4v) is 4.33. The zero-order valence-electron chi connectivity index (χ0n) is 15.0. The smallest absolute Gasteiger partial charge is 0.178 e. The van der Waals surface area contributed by atoms with Gasteiger partial charge in [-0.3, -0.25) is 0 Å². The van der Waals surface area contributed by atoms with Crippen LogP contribution in [0.2, 0.25) is 0 Å². The molecule has 0 saturated heterocycles. The van der Waals surface area contributed by atoms with Crippen molar-refractivity contribution in [3.63, 3.8) is 0 Å². The van der Waals surface area contributed by atoms with Crippen molar-refractivity contribution in [2.24, 2.45) is 5.92 Å². The van der Waals surface area contributed by atoms with E-state index in [4.69, 9.17) is 0 Å². The van der Waals surface area contributed by atoms with Crippen molar-refractivity contribution in [2.45, 2.75) is 83.0 Å². The summed E-state index contributed by atoms with van der Waals surface area (Å²) < 4.78 is 24.3. The molecule has 1 atom stereocenters. The Morgan fingerprint density at radius 1 is 0.826 bits per heavy atom. The predicted molar refractivity (Wildman–Crippen MR) is 99.5 cm³/mol. The predicted octanol–water partition coefficient (Wildman–Crippen LogP) is 6.02. The molecule has 0 bridgehead atoms. The molecular weight excluding hydrogens is 304 g/mol. The highest BCUT2D eigenvalue weighted by atomic mass is 32.2. The molecule has 0 spiro atoms. The fraction of sp³-hybridized carbons (Fsp3) is 0.700. The molecule has 0 radical (unpaired) electrons. The third-order valence-corrected chi connectivity index (χ3v) is 6.33. The first-order valence-corrected chi connectivity index (χ1v) is 11.0. The van der Waals surface area contributed by atoms with Crippen molar-refractivity contribution < 1.29 is 8.42 Å². The first-order valence-electron chi connectivity index (χ1n) is 9.34. The summed E-state index contributed by atoms with van der Waals surface area (Å²) in [4.78, 5) is 0.459. The largest absolute Gasteiger partial charge is 0.224 e. The van der Waals surface area contributed by atoms with Crippen LogP contribution in [0.4, 0.5) is 0 Å². The van der Waals surface area contributed by atoms with Crippen LogP contribution in [-0.4, -0.2) is 14.2 Å². The van der Waals surface area contributed by atoms with Gasteiger partial charge >= 0.3 is 0 Å². The average molecular weight is 339 g/mol. The van der Waals surface area contributed by atoms with E-state index in [-0.39, 0.29) is 5.75 Å². The minimum absolute atomic E-state index is 0.283. The summed E-state index contributed by atoms with van der Waals surface area (Å²) in [7, 11) is -3.08. The number of benzene rings is 1. The van der Waals surface area contributed by atoms with Gasteiger partial charge in [0.25, 0.3) is 0 Å². The molecule has 0 aromatic heterocycles. The van der Waals surface area contributed by atoms with Gasteiger partial charge < -0.3 is 0 Å². The van der Waals surface area contributed by atoms with Crippen LogP contribution in [-0.2, 0) is 9.84 Å². The summed E-state index contributed by atoms with van der Waals surface area (Å²) in [5, 5.41) is 0. The molecular formula is C20H34O2S. The van der Waals surface area contributed by atoms with E-state index in [1.807, 2.05) is 6.07 Å².